The van der Waals surface area contributed by atoms with Gasteiger partial charge in [-0.05, 0) is 19.1 Å². The SMILES string of the molecule is Cc1cccc2nc(CN(CCC(F)(F)F)C[C@H](O)CO)cn12. The van der Waals surface area contributed by atoms with Crippen LogP contribution in [0.3, 0.4) is 0 Å². The Hall–Kier alpha value is -1.64. The van der Waals surface area contributed by atoms with Gasteiger partial charge < -0.3 is 14.6 Å². The molecule has 0 radical (unpaired) electrons. The van der Waals surface area contributed by atoms with Crippen molar-refractivity contribution in [3.05, 3.63) is 35.8 Å². The van der Waals surface area contributed by atoms with Crippen molar-refractivity contribution in [3.8, 4) is 0 Å². The highest BCUT2D eigenvalue weighted by Gasteiger charge is 2.28. The van der Waals surface area contributed by atoms with Crippen LogP contribution in [0.1, 0.15) is 17.8 Å². The number of nitrogens with zero attached hydrogens (tertiary/aromatic N) is 3. The highest BCUT2D eigenvalue weighted by atomic mass is 19.4. The first-order valence-electron chi connectivity index (χ1n) is 7.30. The van der Waals surface area contributed by atoms with E-state index < -0.39 is 25.3 Å². The van der Waals surface area contributed by atoms with Gasteiger partial charge in [-0.3, -0.25) is 4.90 Å². The maximum atomic E-state index is 12.4. The van der Waals surface area contributed by atoms with Crippen molar-refractivity contribution in [2.75, 3.05) is 19.7 Å². The van der Waals surface area contributed by atoms with Crippen molar-refractivity contribution in [2.24, 2.45) is 0 Å². The van der Waals surface area contributed by atoms with Crippen molar-refractivity contribution < 1.29 is 23.4 Å². The summed E-state index contributed by atoms with van der Waals surface area (Å²) < 4.78 is 39.2. The molecule has 23 heavy (non-hydrogen) atoms. The molecule has 2 rings (SSSR count). The van der Waals surface area contributed by atoms with E-state index >= 15 is 0 Å². The van der Waals surface area contributed by atoms with E-state index in [1.807, 2.05) is 29.5 Å². The number of aliphatic hydroxyl groups excluding tert-OH is 2. The lowest BCUT2D eigenvalue weighted by atomic mass is 10.3. The van der Waals surface area contributed by atoms with E-state index in [0.717, 1.165) is 11.3 Å². The monoisotopic (exact) mass is 331 g/mol. The molecule has 2 N–H and O–H groups in total. The maximum absolute atomic E-state index is 12.4. The van der Waals surface area contributed by atoms with E-state index in [1.54, 1.807) is 6.20 Å². The number of aryl methyl sites for hydroxylation is 1. The van der Waals surface area contributed by atoms with E-state index in [2.05, 4.69) is 4.98 Å². The van der Waals surface area contributed by atoms with Crippen molar-refractivity contribution in [2.45, 2.75) is 32.2 Å². The standard InChI is InChI=1S/C15H20F3N3O2/c1-11-3-2-4-14-19-12(8-21(11)14)7-20(9-13(23)10-22)6-5-15(16,17)18/h2-4,8,13,22-23H,5-7,9-10H2,1H3/t13-/m0/s1. The summed E-state index contributed by atoms with van der Waals surface area (Å²) in [4.78, 5) is 5.84. The predicted octanol–water partition coefficient (Wildman–Crippen LogP) is 1.75. The highest BCUT2D eigenvalue weighted by Crippen LogP contribution is 2.20. The summed E-state index contributed by atoms with van der Waals surface area (Å²) >= 11 is 0. The number of imidazole rings is 1. The summed E-state index contributed by atoms with van der Waals surface area (Å²) in [6, 6.07) is 5.59. The van der Waals surface area contributed by atoms with E-state index in [9.17, 15) is 18.3 Å². The van der Waals surface area contributed by atoms with Crippen LogP contribution >= 0.6 is 0 Å². The smallest absolute Gasteiger partial charge is 0.390 e. The normalized spacial score (nSPS) is 13.9. The first kappa shape index (κ1) is 17.7. The van der Waals surface area contributed by atoms with Crippen LogP contribution in [0.15, 0.2) is 24.4 Å². The summed E-state index contributed by atoms with van der Waals surface area (Å²) in [6.45, 7) is 1.29. The second kappa shape index (κ2) is 7.29. The van der Waals surface area contributed by atoms with Gasteiger partial charge in [-0.1, -0.05) is 6.07 Å². The molecule has 0 aliphatic heterocycles. The van der Waals surface area contributed by atoms with Gasteiger partial charge in [0.05, 0.1) is 24.8 Å². The molecule has 0 aromatic carbocycles. The number of aliphatic hydroxyl groups is 2. The van der Waals surface area contributed by atoms with Crippen LogP contribution in [0.25, 0.3) is 5.65 Å². The molecule has 1 atom stereocenters. The molecule has 2 aromatic heterocycles. The third-order valence-corrected chi connectivity index (χ3v) is 3.52. The van der Waals surface area contributed by atoms with Crippen LogP contribution < -0.4 is 0 Å². The fraction of sp³-hybridized carbons (Fsp3) is 0.533. The van der Waals surface area contributed by atoms with Crippen molar-refractivity contribution in [1.29, 1.82) is 0 Å². The number of pyridine rings is 1. The van der Waals surface area contributed by atoms with Crippen LogP contribution in [0.2, 0.25) is 0 Å². The second-order valence-electron chi connectivity index (χ2n) is 5.56. The van der Waals surface area contributed by atoms with Gasteiger partial charge in [0.15, 0.2) is 0 Å². The molecule has 0 saturated carbocycles. The summed E-state index contributed by atoms with van der Waals surface area (Å²) in [5.74, 6) is 0. The summed E-state index contributed by atoms with van der Waals surface area (Å²) in [6.07, 6.45) is -4.55. The largest absolute Gasteiger partial charge is 0.394 e. The molecule has 0 amide bonds. The van der Waals surface area contributed by atoms with E-state index in [4.69, 9.17) is 5.11 Å². The van der Waals surface area contributed by atoms with Crippen molar-refractivity contribution >= 4 is 5.65 Å². The summed E-state index contributed by atoms with van der Waals surface area (Å²) in [5.41, 5.74) is 2.31. The topological polar surface area (TPSA) is 61.0 Å². The fourth-order valence-electron chi connectivity index (χ4n) is 2.38. The number of alkyl halides is 3. The minimum Gasteiger partial charge on any atom is -0.394 e. The Morgan fingerprint density at radius 2 is 2.09 bits per heavy atom. The van der Waals surface area contributed by atoms with Gasteiger partial charge in [0, 0.05) is 31.5 Å². The molecule has 2 aromatic rings. The van der Waals surface area contributed by atoms with Crippen LogP contribution in [-0.2, 0) is 6.54 Å². The van der Waals surface area contributed by atoms with Crippen LogP contribution in [-0.4, -0.2) is 56.5 Å². The number of fused-ring (bicyclic) bond motifs is 1. The molecule has 0 aliphatic rings. The van der Waals surface area contributed by atoms with Crippen molar-refractivity contribution in [1.82, 2.24) is 14.3 Å². The highest BCUT2D eigenvalue weighted by molar-refractivity contribution is 5.41. The number of halogens is 3. The van der Waals surface area contributed by atoms with Gasteiger partial charge in [0.2, 0.25) is 0 Å². The number of hydrogen-bond acceptors (Lipinski definition) is 4. The lowest BCUT2D eigenvalue weighted by molar-refractivity contribution is -0.139. The molecule has 0 fully saturated rings. The molecule has 2 heterocycles. The molecule has 0 saturated heterocycles. The zero-order valence-electron chi connectivity index (χ0n) is 12.8. The molecule has 128 valence electrons. The van der Waals surface area contributed by atoms with Gasteiger partial charge in [-0.25, -0.2) is 4.98 Å². The Morgan fingerprint density at radius 3 is 2.70 bits per heavy atom. The van der Waals surface area contributed by atoms with E-state index in [1.165, 1.54) is 4.90 Å². The molecule has 5 nitrogen and oxygen atoms in total. The molecule has 0 aliphatic carbocycles. The van der Waals surface area contributed by atoms with Gasteiger partial charge in [0.1, 0.15) is 5.65 Å². The Kier molecular flexibility index (Phi) is 5.61. The first-order chi connectivity index (χ1) is 10.8. The van der Waals surface area contributed by atoms with Crippen molar-refractivity contribution in [3.63, 3.8) is 0 Å². The minimum atomic E-state index is -4.27. The molecular weight excluding hydrogens is 311 g/mol. The molecule has 0 bridgehead atoms. The first-order valence-corrected chi connectivity index (χ1v) is 7.30. The van der Waals surface area contributed by atoms with Crippen LogP contribution in [0, 0.1) is 6.92 Å². The number of aromatic nitrogens is 2. The molecule has 8 heteroatoms. The Bertz CT molecular complexity index is 642. The predicted molar refractivity (Wildman–Crippen MR) is 79.0 cm³/mol. The number of hydrogen-bond donors (Lipinski definition) is 2. The fourth-order valence-corrected chi connectivity index (χ4v) is 2.38. The van der Waals surface area contributed by atoms with Gasteiger partial charge in [0.25, 0.3) is 0 Å². The number of rotatable bonds is 7. The molecule has 0 unspecified atom stereocenters. The van der Waals surface area contributed by atoms with Crippen LogP contribution in [0.5, 0.6) is 0 Å². The van der Waals surface area contributed by atoms with Crippen LogP contribution in [0.4, 0.5) is 13.2 Å². The third-order valence-electron chi connectivity index (χ3n) is 3.52. The van der Waals surface area contributed by atoms with Gasteiger partial charge >= 0.3 is 6.18 Å². The quantitative estimate of drug-likeness (QED) is 0.811. The third kappa shape index (κ3) is 5.19. The molecule has 0 spiro atoms. The van der Waals surface area contributed by atoms with Gasteiger partial charge in [-0.2, -0.15) is 13.2 Å². The van der Waals surface area contributed by atoms with E-state index in [0.29, 0.717) is 5.69 Å². The Balaban J connectivity index is 2.12. The van der Waals surface area contributed by atoms with Gasteiger partial charge in [-0.15, -0.1) is 0 Å². The summed E-state index contributed by atoms with van der Waals surface area (Å²) in [7, 11) is 0. The van der Waals surface area contributed by atoms with E-state index in [-0.39, 0.29) is 19.6 Å². The Labute approximate surface area is 132 Å². The lowest BCUT2D eigenvalue weighted by Gasteiger charge is -2.24. The second-order valence-corrected chi connectivity index (χ2v) is 5.56. The molecular formula is C15H20F3N3O2. The zero-order valence-corrected chi connectivity index (χ0v) is 12.8. The lowest BCUT2D eigenvalue weighted by Crippen LogP contribution is -2.36. The average molecular weight is 331 g/mol. The maximum Gasteiger partial charge on any atom is 0.390 e. The zero-order chi connectivity index (χ0) is 17.0. The average Bonchev–Trinajstić information content (AvgIpc) is 2.88. The minimum absolute atomic E-state index is 0.0422. The Morgan fingerprint density at radius 1 is 1.35 bits per heavy atom. The summed E-state index contributed by atoms with van der Waals surface area (Å²) in [5, 5.41) is 18.4.